The van der Waals surface area contributed by atoms with Crippen LogP contribution in [0, 0.1) is 5.92 Å². The highest BCUT2D eigenvalue weighted by molar-refractivity contribution is 7.89. The zero-order chi connectivity index (χ0) is 19.3. The molecule has 0 unspecified atom stereocenters. The number of amides is 1. The van der Waals surface area contributed by atoms with Crippen molar-refractivity contribution in [3.05, 3.63) is 54.6 Å². The van der Waals surface area contributed by atoms with Crippen LogP contribution in [-0.2, 0) is 14.8 Å². The van der Waals surface area contributed by atoms with Crippen LogP contribution >= 0.6 is 0 Å². The topological polar surface area (TPSA) is 66.5 Å². The maximum Gasteiger partial charge on any atom is 0.240 e. The number of piperidine rings is 1. The smallest absolute Gasteiger partial charge is 0.240 e. The number of nitrogens with zero attached hydrogens (tertiary/aromatic N) is 1. The molecule has 144 valence electrons. The molecule has 1 saturated heterocycles. The minimum Gasteiger partial charge on any atom is -0.343 e. The van der Waals surface area contributed by atoms with Crippen molar-refractivity contribution in [3.8, 4) is 11.1 Å². The van der Waals surface area contributed by atoms with E-state index in [-0.39, 0.29) is 23.8 Å². The normalized spacial score (nSPS) is 15.7. The van der Waals surface area contributed by atoms with Crippen LogP contribution in [0.3, 0.4) is 0 Å². The average Bonchev–Trinajstić information content (AvgIpc) is 2.69. The Hall–Kier alpha value is -2.18. The molecule has 1 aliphatic heterocycles. The van der Waals surface area contributed by atoms with Crippen LogP contribution < -0.4 is 4.72 Å². The van der Waals surface area contributed by atoms with Crippen molar-refractivity contribution in [2.24, 2.45) is 5.92 Å². The molecule has 0 bridgehead atoms. The molecule has 1 aliphatic rings. The van der Waals surface area contributed by atoms with E-state index in [9.17, 15) is 13.2 Å². The molecule has 6 heteroatoms. The minimum absolute atomic E-state index is 0.0176. The molecule has 0 aromatic heterocycles. The van der Waals surface area contributed by atoms with Gasteiger partial charge in [-0.25, -0.2) is 13.1 Å². The standard InChI is InChI=1S/C21H26N2O3S/c1-17-12-15-23(16-13-17)21(24)11-14-22-27(25,26)20-9-7-19(8-10-20)18-5-3-2-4-6-18/h2-10,17,22H,11-16H2,1H3. The van der Waals surface area contributed by atoms with Crippen molar-refractivity contribution in [3.63, 3.8) is 0 Å². The third kappa shape index (κ3) is 5.17. The van der Waals surface area contributed by atoms with Crippen molar-refractivity contribution in [1.82, 2.24) is 9.62 Å². The highest BCUT2D eigenvalue weighted by atomic mass is 32.2. The molecule has 1 N–H and O–H groups in total. The Morgan fingerprint density at radius 1 is 1.00 bits per heavy atom. The monoisotopic (exact) mass is 386 g/mol. The number of likely N-dealkylation sites (tertiary alicyclic amines) is 1. The third-order valence-corrected chi connectivity index (χ3v) is 6.52. The van der Waals surface area contributed by atoms with E-state index in [0.717, 1.165) is 37.1 Å². The summed E-state index contributed by atoms with van der Waals surface area (Å²) in [6.45, 7) is 3.86. The van der Waals surface area contributed by atoms with Crippen LogP contribution in [0.15, 0.2) is 59.5 Å². The van der Waals surface area contributed by atoms with Crippen molar-refractivity contribution < 1.29 is 13.2 Å². The van der Waals surface area contributed by atoms with Gasteiger partial charge < -0.3 is 4.90 Å². The number of nitrogens with one attached hydrogen (secondary N) is 1. The predicted molar refractivity (Wildman–Crippen MR) is 107 cm³/mol. The zero-order valence-electron chi connectivity index (χ0n) is 15.6. The van der Waals surface area contributed by atoms with E-state index >= 15 is 0 Å². The van der Waals surface area contributed by atoms with Crippen LogP contribution in [0.2, 0.25) is 0 Å². The van der Waals surface area contributed by atoms with Crippen LogP contribution in [0.1, 0.15) is 26.2 Å². The molecule has 2 aromatic carbocycles. The molecule has 0 radical (unpaired) electrons. The van der Waals surface area contributed by atoms with Crippen LogP contribution in [0.4, 0.5) is 0 Å². The SMILES string of the molecule is CC1CCN(C(=O)CCNS(=O)(=O)c2ccc(-c3ccccc3)cc2)CC1. The second kappa shape index (κ2) is 8.67. The van der Waals surface area contributed by atoms with Crippen molar-refractivity contribution in [2.45, 2.75) is 31.1 Å². The summed E-state index contributed by atoms with van der Waals surface area (Å²) in [4.78, 5) is 14.3. The van der Waals surface area contributed by atoms with Crippen molar-refractivity contribution in [1.29, 1.82) is 0 Å². The molecule has 5 nitrogen and oxygen atoms in total. The number of hydrogen-bond acceptors (Lipinski definition) is 3. The molecule has 3 rings (SSSR count). The van der Waals surface area contributed by atoms with Gasteiger partial charge in [-0.1, -0.05) is 49.4 Å². The largest absolute Gasteiger partial charge is 0.343 e. The first kappa shape index (κ1) is 19.6. The molecule has 0 aliphatic carbocycles. The first-order valence-electron chi connectivity index (χ1n) is 9.38. The van der Waals surface area contributed by atoms with Gasteiger partial charge in [0.2, 0.25) is 15.9 Å². The molecule has 0 atom stereocenters. The summed E-state index contributed by atoms with van der Waals surface area (Å²) in [5, 5.41) is 0. The van der Waals surface area contributed by atoms with Gasteiger partial charge in [-0.15, -0.1) is 0 Å². The number of rotatable bonds is 6. The highest BCUT2D eigenvalue weighted by Gasteiger charge is 2.21. The summed E-state index contributed by atoms with van der Waals surface area (Å²) in [5.74, 6) is 0.676. The average molecular weight is 387 g/mol. The summed E-state index contributed by atoms with van der Waals surface area (Å²) in [6.07, 6.45) is 2.23. The van der Waals surface area contributed by atoms with E-state index in [4.69, 9.17) is 0 Å². The number of carbonyl (C=O) groups is 1. The number of sulfonamides is 1. The summed E-state index contributed by atoms with van der Waals surface area (Å²) < 4.78 is 27.4. The summed E-state index contributed by atoms with van der Waals surface area (Å²) in [5.41, 5.74) is 2.00. The van der Waals surface area contributed by atoms with Gasteiger partial charge in [0.05, 0.1) is 4.90 Å². The molecule has 0 spiro atoms. The van der Waals surface area contributed by atoms with E-state index in [2.05, 4.69) is 11.6 Å². The maximum atomic E-state index is 12.4. The minimum atomic E-state index is -3.62. The number of hydrogen-bond donors (Lipinski definition) is 1. The maximum absolute atomic E-state index is 12.4. The van der Waals surface area contributed by atoms with Crippen LogP contribution in [0.25, 0.3) is 11.1 Å². The Kier molecular flexibility index (Phi) is 6.29. The van der Waals surface area contributed by atoms with Gasteiger partial charge in [0, 0.05) is 26.1 Å². The van der Waals surface area contributed by atoms with Gasteiger partial charge >= 0.3 is 0 Å². The molecular weight excluding hydrogens is 360 g/mol. The fraction of sp³-hybridized carbons (Fsp3) is 0.381. The van der Waals surface area contributed by atoms with Gasteiger partial charge in [-0.05, 0) is 42.0 Å². The van der Waals surface area contributed by atoms with Gasteiger partial charge in [0.15, 0.2) is 0 Å². The fourth-order valence-electron chi connectivity index (χ4n) is 3.25. The van der Waals surface area contributed by atoms with E-state index in [1.54, 1.807) is 24.3 Å². The highest BCUT2D eigenvalue weighted by Crippen LogP contribution is 2.21. The van der Waals surface area contributed by atoms with E-state index in [1.807, 2.05) is 35.2 Å². The Morgan fingerprint density at radius 3 is 2.22 bits per heavy atom. The van der Waals surface area contributed by atoms with Crippen LogP contribution in [0.5, 0.6) is 0 Å². The van der Waals surface area contributed by atoms with E-state index in [0.29, 0.717) is 5.92 Å². The lowest BCUT2D eigenvalue weighted by Gasteiger charge is -2.30. The van der Waals surface area contributed by atoms with Gasteiger partial charge in [0.1, 0.15) is 0 Å². The molecule has 1 fully saturated rings. The summed E-state index contributed by atoms with van der Waals surface area (Å²) in [7, 11) is -3.62. The quantitative estimate of drug-likeness (QED) is 0.828. The number of carbonyl (C=O) groups excluding carboxylic acids is 1. The van der Waals surface area contributed by atoms with E-state index < -0.39 is 10.0 Å². The van der Waals surface area contributed by atoms with Gasteiger partial charge in [-0.2, -0.15) is 0 Å². The fourth-order valence-corrected chi connectivity index (χ4v) is 4.28. The lowest BCUT2D eigenvalue weighted by molar-refractivity contribution is -0.132. The van der Waals surface area contributed by atoms with Crippen LogP contribution in [-0.4, -0.2) is 38.9 Å². The Balaban J connectivity index is 1.54. The molecule has 1 amide bonds. The predicted octanol–water partition coefficient (Wildman–Crippen LogP) is 3.28. The first-order chi connectivity index (χ1) is 13.0. The molecule has 2 aromatic rings. The Bertz CT molecular complexity index is 856. The molecule has 27 heavy (non-hydrogen) atoms. The molecular formula is C21H26N2O3S. The van der Waals surface area contributed by atoms with E-state index in [1.165, 1.54) is 0 Å². The Labute approximate surface area is 161 Å². The van der Waals surface area contributed by atoms with Gasteiger partial charge in [0.25, 0.3) is 0 Å². The van der Waals surface area contributed by atoms with Gasteiger partial charge in [-0.3, -0.25) is 4.79 Å². The summed E-state index contributed by atoms with van der Waals surface area (Å²) in [6, 6.07) is 16.6. The lowest BCUT2D eigenvalue weighted by Crippen LogP contribution is -2.39. The summed E-state index contributed by atoms with van der Waals surface area (Å²) >= 11 is 0. The Morgan fingerprint density at radius 2 is 1.59 bits per heavy atom. The molecule has 0 saturated carbocycles. The second-order valence-corrected chi connectivity index (χ2v) is 8.87. The lowest BCUT2D eigenvalue weighted by atomic mass is 9.99. The first-order valence-corrected chi connectivity index (χ1v) is 10.9. The molecule has 1 heterocycles. The third-order valence-electron chi connectivity index (χ3n) is 5.04. The van der Waals surface area contributed by atoms with Crippen molar-refractivity contribution >= 4 is 15.9 Å². The zero-order valence-corrected chi connectivity index (χ0v) is 16.4. The number of benzene rings is 2. The second-order valence-electron chi connectivity index (χ2n) is 7.10. The van der Waals surface area contributed by atoms with Crippen molar-refractivity contribution in [2.75, 3.05) is 19.6 Å².